The molecular weight excluding hydrogens is 1030 g/mol. The zero-order valence-electron chi connectivity index (χ0n) is 34.0. The predicted octanol–water partition coefficient (Wildman–Crippen LogP) is -7.82. The van der Waals surface area contributed by atoms with Crippen LogP contribution in [0.25, 0.3) is 22.3 Å². The van der Waals surface area contributed by atoms with Crippen molar-refractivity contribution in [1.82, 2.24) is 49.0 Å². The van der Waals surface area contributed by atoms with Gasteiger partial charge in [0.15, 0.2) is 36.7 Å². The van der Waals surface area contributed by atoms with E-state index in [4.69, 9.17) is 25.7 Å². The fourth-order valence-corrected chi connectivity index (χ4v) is 12.3. The van der Waals surface area contributed by atoms with E-state index < -0.39 is 131 Å². The number of H-pyrrole nitrogens is 2. The standard InChI is InChI=1S/C26H38N13O24P5/c1-36-9-39(20-14(36)22(44)33-26(28)31-20)24-18(55-2)16(41)11(60-24)7-58-67(51,52)63-68(53,54)61-64(45,46)12-5-37(35-34-12)3-4-56-65(47,48)62-66(49,50)57-6-10-15(40)17(42)23(59-10)38-8-29-13-19(38)30-25(27)32-21(13)43/h5,8-11,15-18,23-24,40-42H,3-4,6-7H2,1-2H3,(H10-,27,28,30,31,32,33,43,44,45,46,47,48,49,50,51,52,53,54)/p-4/t10-,11-,15?,16?,17+,18+,23-,24-/m1/s1. The minimum absolute atomic E-state index is 0.0201. The van der Waals surface area contributed by atoms with Crippen molar-refractivity contribution in [2.45, 2.75) is 55.6 Å². The van der Waals surface area contributed by atoms with Crippen molar-refractivity contribution in [3.63, 3.8) is 0 Å². The lowest BCUT2D eigenvalue weighted by Gasteiger charge is -2.34. The molecule has 0 aliphatic carbocycles. The summed E-state index contributed by atoms with van der Waals surface area (Å²) in [5, 5.41) is 38.2. The number of nitrogens with zero attached hydrogens (tertiary/aromatic N) is 9. The van der Waals surface area contributed by atoms with Crippen molar-refractivity contribution in [2.75, 3.05) is 38.4 Å². The minimum atomic E-state index is -6.42. The molecule has 7 rings (SSSR count). The highest BCUT2D eigenvalue weighted by atomic mass is 31.3. The lowest BCUT2D eigenvalue weighted by molar-refractivity contribution is -0.746. The smallest absolute Gasteiger partial charge is 0.313 e. The van der Waals surface area contributed by atoms with Crippen molar-refractivity contribution in [3.05, 3.63) is 39.6 Å². The van der Waals surface area contributed by atoms with Crippen LogP contribution in [0.1, 0.15) is 12.5 Å². The molecule has 0 radical (unpaired) electrons. The number of phosphoric acid groups is 4. The number of anilines is 2. The number of fused-ring (bicyclic) bond motifs is 2. The largest absolute Gasteiger partial charge is 0.774 e. The van der Waals surface area contributed by atoms with Crippen LogP contribution in [0.15, 0.2) is 28.4 Å². The summed E-state index contributed by atoms with van der Waals surface area (Å²) < 4.78 is 108. The number of aliphatic hydroxyl groups is 3. The maximum atomic E-state index is 12.7. The number of ether oxygens (including phenoxy) is 3. The lowest BCUT2D eigenvalue weighted by Crippen LogP contribution is -2.47. The van der Waals surface area contributed by atoms with Crippen LogP contribution in [0.5, 0.6) is 0 Å². The summed E-state index contributed by atoms with van der Waals surface area (Å²) in [4.78, 5) is 103. The predicted molar refractivity (Wildman–Crippen MR) is 204 cm³/mol. The number of aromatic nitrogens is 11. The van der Waals surface area contributed by atoms with Crippen molar-refractivity contribution < 1.29 is 108 Å². The third-order valence-corrected chi connectivity index (χ3v) is 16.5. The fourth-order valence-electron chi connectivity index (χ4n) is 6.62. The third-order valence-electron chi connectivity index (χ3n) is 9.49. The molecule has 0 bridgehead atoms. The Morgan fingerprint density at radius 3 is 2.09 bits per heavy atom. The summed E-state index contributed by atoms with van der Waals surface area (Å²) in [5.74, 6) is -0.616. The average molecular weight is 1070 g/mol. The van der Waals surface area contributed by atoms with Crippen LogP contribution in [0, 0.1) is 0 Å². The first-order valence-electron chi connectivity index (χ1n) is 18.5. The first-order valence-corrected chi connectivity index (χ1v) is 25.9. The zero-order valence-corrected chi connectivity index (χ0v) is 38.5. The number of aryl methyl sites for hydroxylation is 1. The molecule has 7 unspecified atom stereocenters. The van der Waals surface area contributed by atoms with Gasteiger partial charge < -0.3 is 83.6 Å². The fraction of sp³-hybridized carbons (Fsp3) is 0.538. The van der Waals surface area contributed by atoms with Gasteiger partial charge in [-0.15, -0.1) is 5.10 Å². The van der Waals surface area contributed by atoms with E-state index in [1.165, 1.54) is 22.5 Å². The maximum absolute atomic E-state index is 12.7. The van der Waals surface area contributed by atoms with Crippen LogP contribution in [0.3, 0.4) is 0 Å². The molecule has 376 valence electrons. The van der Waals surface area contributed by atoms with Crippen molar-refractivity contribution >= 4 is 78.5 Å². The van der Waals surface area contributed by atoms with Crippen LogP contribution in [-0.2, 0) is 77.1 Å². The van der Waals surface area contributed by atoms with Gasteiger partial charge >= 0.3 is 5.65 Å². The molecular formula is C26H34N13O24P5-4. The highest BCUT2D eigenvalue weighted by molar-refractivity contribution is 7.70. The molecule has 68 heavy (non-hydrogen) atoms. The molecule has 13 atom stereocenters. The van der Waals surface area contributed by atoms with E-state index in [1.54, 1.807) is 0 Å². The van der Waals surface area contributed by atoms with E-state index in [1.807, 2.05) is 0 Å². The SMILES string of the molecule is CO[C@H]1C(O)[C@@H](COP(=O)([O-])OP(=O)([O-])OP(=O)([O-])c2cn(CCOP(=O)([O-])OP(=O)([O-])OC[C@H]3O[C@@H](n4cnc5c(=O)[nH]c(N)nc54)[C@@H](O)C3O)nn2)O[C@H]1[n+]1cn(C)c2c(=O)[nH]c(N)nc21. The van der Waals surface area contributed by atoms with Gasteiger partial charge in [-0.3, -0.25) is 51.3 Å². The highest BCUT2D eigenvalue weighted by Gasteiger charge is 2.49. The number of imidazole rings is 2. The van der Waals surface area contributed by atoms with Gasteiger partial charge in [0.2, 0.25) is 17.7 Å². The van der Waals surface area contributed by atoms with Crippen molar-refractivity contribution in [1.29, 1.82) is 0 Å². The normalized spacial score (nSPS) is 27.7. The Morgan fingerprint density at radius 1 is 0.824 bits per heavy atom. The number of aromatic amines is 2. The Balaban J connectivity index is 0.878. The summed E-state index contributed by atoms with van der Waals surface area (Å²) in [6, 6.07) is 0. The number of hydrogen-bond acceptors (Lipinski definition) is 31. The van der Waals surface area contributed by atoms with Crippen molar-refractivity contribution in [3.8, 4) is 0 Å². The average Bonchev–Trinajstić information content (AvgIpc) is 4.03. The maximum Gasteiger partial charge on any atom is 0.313 e. The van der Waals surface area contributed by atoms with E-state index >= 15 is 0 Å². The first kappa shape index (κ1) is 51.8. The van der Waals surface area contributed by atoms with Gasteiger partial charge in [0.1, 0.15) is 36.6 Å². The number of nitrogens with one attached hydrogen (secondary N) is 2. The molecule has 7 heterocycles. The number of nitrogen functional groups attached to an aromatic ring is 2. The molecule has 5 aromatic rings. The Morgan fingerprint density at radius 2 is 1.43 bits per heavy atom. The number of methoxy groups -OCH3 is 1. The summed E-state index contributed by atoms with van der Waals surface area (Å²) in [5.41, 5.74) is 8.10. The number of nitrogens with two attached hydrogens (primary N) is 2. The highest BCUT2D eigenvalue weighted by Crippen LogP contribution is 2.62. The first-order chi connectivity index (χ1) is 31.6. The molecule has 37 nitrogen and oxygen atoms in total. The second kappa shape index (κ2) is 19.3. The quantitative estimate of drug-likeness (QED) is 0.0281. The Labute approximate surface area is 375 Å². The second-order valence-corrected chi connectivity index (χ2v) is 21.9. The molecule has 9 N–H and O–H groups in total. The monoisotopic (exact) mass is 1070 g/mol. The van der Waals surface area contributed by atoms with Gasteiger partial charge in [0.05, 0.1) is 45.9 Å². The van der Waals surface area contributed by atoms with Gasteiger partial charge in [0.25, 0.3) is 48.4 Å². The second-order valence-electron chi connectivity index (χ2n) is 14.1. The Bertz CT molecular complexity index is 3070. The van der Waals surface area contributed by atoms with Crippen molar-refractivity contribution in [2.24, 2.45) is 7.05 Å². The van der Waals surface area contributed by atoms with E-state index in [-0.39, 0.29) is 34.2 Å². The molecule has 42 heteroatoms. The van der Waals surface area contributed by atoms with Crippen LogP contribution in [0.4, 0.5) is 11.9 Å². The number of hydrogen-bond donors (Lipinski definition) is 7. The molecule has 0 spiro atoms. The molecule has 5 aromatic heterocycles. The number of phosphoric ester groups is 3. The van der Waals surface area contributed by atoms with E-state index in [2.05, 4.69) is 61.7 Å². The van der Waals surface area contributed by atoms with Crippen LogP contribution >= 0.6 is 38.9 Å². The van der Waals surface area contributed by atoms with E-state index in [0.29, 0.717) is 10.9 Å². The van der Waals surface area contributed by atoms with Gasteiger partial charge in [0, 0.05) is 7.11 Å². The molecule has 0 amide bonds. The van der Waals surface area contributed by atoms with Crippen LogP contribution in [-0.4, -0.2) is 128 Å². The summed E-state index contributed by atoms with van der Waals surface area (Å²) in [6.45, 7) is -4.10. The third kappa shape index (κ3) is 11.2. The Hall–Kier alpha value is -4.09. The summed E-state index contributed by atoms with van der Waals surface area (Å²) in [6.07, 6.45) is -9.90. The summed E-state index contributed by atoms with van der Waals surface area (Å²) >= 11 is 0. The van der Waals surface area contributed by atoms with Crippen LogP contribution in [0.2, 0.25) is 0 Å². The lowest BCUT2D eigenvalue weighted by atomic mass is 10.1. The summed E-state index contributed by atoms with van der Waals surface area (Å²) in [7, 11) is -27.5. The molecule has 2 saturated heterocycles. The van der Waals surface area contributed by atoms with E-state index in [9.17, 15) is 72.2 Å². The zero-order chi connectivity index (χ0) is 49.9. The van der Waals surface area contributed by atoms with E-state index in [0.717, 1.165) is 18.0 Å². The van der Waals surface area contributed by atoms with Gasteiger partial charge in [-0.05, 0) is 0 Å². The van der Waals surface area contributed by atoms with Gasteiger partial charge in [-0.2, -0.15) is 4.98 Å². The van der Waals surface area contributed by atoms with Gasteiger partial charge in [-0.25, -0.2) is 22.9 Å². The Kier molecular flexibility index (Phi) is 14.7. The topological polar surface area (TPSA) is 545 Å². The number of aliphatic hydroxyl groups excluding tert-OH is 3. The van der Waals surface area contributed by atoms with Crippen LogP contribution < -0.4 is 57.1 Å². The van der Waals surface area contributed by atoms with Gasteiger partial charge in [-0.1, -0.05) is 10.2 Å². The molecule has 2 aliphatic heterocycles. The molecule has 2 aliphatic rings. The molecule has 2 fully saturated rings. The minimum Gasteiger partial charge on any atom is -0.774 e. The number of rotatable bonds is 20. The molecule has 0 saturated carbocycles. The molecule has 0 aromatic carbocycles.